The molecule has 3 aromatic carbocycles. The Morgan fingerprint density at radius 3 is 2.12 bits per heavy atom. The van der Waals surface area contributed by atoms with Crippen molar-refractivity contribution in [2.24, 2.45) is 5.92 Å². The number of aliphatic hydroxyl groups is 2. The molecule has 0 saturated carbocycles. The summed E-state index contributed by atoms with van der Waals surface area (Å²) in [5, 5.41) is 28.3. The van der Waals surface area contributed by atoms with E-state index in [4.69, 9.17) is 4.74 Å². The zero-order valence-electron chi connectivity index (χ0n) is 24.1. The number of hydrogen-bond acceptors (Lipinski definition) is 5. The van der Waals surface area contributed by atoms with Crippen molar-refractivity contribution >= 4 is 12.0 Å². The van der Waals surface area contributed by atoms with E-state index in [-0.39, 0.29) is 12.3 Å². The minimum Gasteiger partial charge on any atom is -0.444 e. The number of benzene rings is 3. The number of rotatable bonds is 10. The lowest BCUT2D eigenvalue weighted by molar-refractivity contribution is -0.128. The fourth-order valence-corrected chi connectivity index (χ4v) is 5.44. The van der Waals surface area contributed by atoms with E-state index >= 15 is 0 Å². The Kier molecular flexibility index (Phi) is 10.2. The standard InChI is InChI=1S/C34H42N2O5/c1-34(2,3)41-33(40)35-28(21-24-14-8-5-9-15-24)30(38)22-26(20-23-12-6-4-7-13-23)32(39)36-31-27-17-11-10-16-25(27)18-19-29(31)37/h4-17,26,28-31,37-38H,18-22H2,1-3H3,(H,35,40)(H,36,39)/t26-,28+,29-,30+,31-/m1/s1. The third kappa shape index (κ3) is 8.90. The molecule has 0 aliphatic heterocycles. The number of carbonyl (C=O) groups excluding carboxylic acids is 2. The molecular formula is C34H42N2O5. The zero-order chi connectivity index (χ0) is 29.4. The van der Waals surface area contributed by atoms with Crippen molar-refractivity contribution in [1.29, 1.82) is 0 Å². The zero-order valence-corrected chi connectivity index (χ0v) is 24.1. The predicted octanol–water partition coefficient (Wildman–Crippen LogP) is 4.90. The van der Waals surface area contributed by atoms with Crippen molar-refractivity contribution in [1.82, 2.24) is 10.6 Å². The van der Waals surface area contributed by atoms with Gasteiger partial charge in [0.2, 0.25) is 5.91 Å². The van der Waals surface area contributed by atoms with E-state index in [1.807, 2.05) is 84.9 Å². The number of carbonyl (C=O) groups is 2. The van der Waals surface area contributed by atoms with Crippen LogP contribution in [0.4, 0.5) is 4.79 Å². The van der Waals surface area contributed by atoms with Crippen LogP contribution in [0.5, 0.6) is 0 Å². The molecule has 7 heteroatoms. The highest BCUT2D eigenvalue weighted by molar-refractivity contribution is 5.79. The SMILES string of the molecule is CC(C)(C)OC(=O)N[C@@H](Cc1ccccc1)[C@@H](O)C[C@@H](Cc1ccccc1)C(=O)N[C@@H]1c2ccccc2CC[C@H]1O. The number of aliphatic hydroxyl groups excluding tert-OH is 2. The van der Waals surface area contributed by atoms with Crippen LogP contribution in [0.2, 0.25) is 0 Å². The predicted molar refractivity (Wildman–Crippen MR) is 159 cm³/mol. The fraction of sp³-hybridized carbons (Fsp3) is 0.412. The summed E-state index contributed by atoms with van der Waals surface area (Å²) in [5.74, 6) is -0.850. The Hall–Kier alpha value is -3.68. The summed E-state index contributed by atoms with van der Waals surface area (Å²) in [5.41, 5.74) is 3.25. The van der Waals surface area contributed by atoms with Crippen molar-refractivity contribution < 1.29 is 24.5 Å². The van der Waals surface area contributed by atoms with E-state index in [0.717, 1.165) is 28.7 Å². The lowest BCUT2D eigenvalue weighted by Gasteiger charge is -2.33. The monoisotopic (exact) mass is 558 g/mol. The van der Waals surface area contributed by atoms with E-state index < -0.39 is 41.9 Å². The van der Waals surface area contributed by atoms with E-state index in [0.29, 0.717) is 19.3 Å². The topological polar surface area (TPSA) is 108 Å². The van der Waals surface area contributed by atoms with Gasteiger partial charge in [-0.15, -0.1) is 0 Å². The Morgan fingerprint density at radius 1 is 0.902 bits per heavy atom. The molecule has 0 aromatic heterocycles. The number of aryl methyl sites for hydroxylation is 1. The summed E-state index contributed by atoms with van der Waals surface area (Å²) in [6.45, 7) is 5.35. The molecule has 0 radical (unpaired) electrons. The minimum atomic E-state index is -1.04. The normalized spacial score (nSPS) is 18.9. The maximum atomic E-state index is 13.9. The smallest absolute Gasteiger partial charge is 0.407 e. The number of ether oxygens (including phenoxy) is 1. The second kappa shape index (κ2) is 13.8. The molecule has 4 rings (SSSR count). The first kappa shape index (κ1) is 30.3. The first-order valence-corrected chi connectivity index (χ1v) is 14.4. The Balaban J connectivity index is 1.56. The average Bonchev–Trinajstić information content (AvgIpc) is 2.94. The Morgan fingerprint density at radius 2 is 1.49 bits per heavy atom. The van der Waals surface area contributed by atoms with E-state index in [2.05, 4.69) is 10.6 Å². The molecule has 2 amide bonds. The van der Waals surface area contributed by atoms with Crippen LogP contribution in [0.25, 0.3) is 0 Å². The van der Waals surface area contributed by atoms with Crippen molar-refractivity contribution in [3.8, 4) is 0 Å². The Bertz CT molecular complexity index is 1280. The van der Waals surface area contributed by atoms with E-state index in [1.165, 1.54) is 0 Å². The van der Waals surface area contributed by atoms with Crippen LogP contribution in [-0.4, -0.2) is 46.1 Å². The average molecular weight is 559 g/mol. The van der Waals surface area contributed by atoms with Crippen molar-refractivity contribution in [3.63, 3.8) is 0 Å². The van der Waals surface area contributed by atoms with Gasteiger partial charge >= 0.3 is 6.09 Å². The van der Waals surface area contributed by atoms with Crippen molar-refractivity contribution in [3.05, 3.63) is 107 Å². The van der Waals surface area contributed by atoms with Crippen LogP contribution < -0.4 is 10.6 Å². The summed E-state index contributed by atoms with van der Waals surface area (Å²) in [7, 11) is 0. The summed E-state index contributed by atoms with van der Waals surface area (Å²) >= 11 is 0. The molecule has 218 valence electrons. The molecule has 0 spiro atoms. The third-order valence-corrected chi connectivity index (χ3v) is 7.47. The van der Waals surface area contributed by atoms with Crippen LogP contribution in [0.15, 0.2) is 84.9 Å². The maximum Gasteiger partial charge on any atom is 0.407 e. The number of amides is 2. The molecule has 5 atom stereocenters. The summed E-state index contributed by atoms with van der Waals surface area (Å²) in [6.07, 6.45) is -0.155. The lowest BCUT2D eigenvalue weighted by Crippen LogP contribution is -2.49. The van der Waals surface area contributed by atoms with Gasteiger partial charge in [-0.1, -0.05) is 84.9 Å². The largest absolute Gasteiger partial charge is 0.444 e. The first-order valence-electron chi connectivity index (χ1n) is 14.4. The first-order chi connectivity index (χ1) is 19.6. The molecule has 3 aromatic rings. The molecule has 0 fully saturated rings. The van der Waals surface area contributed by atoms with Crippen LogP contribution >= 0.6 is 0 Å². The van der Waals surface area contributed by atoms with Gasteiger partial charge in [-0.2, -0.15) is 0 Å². The quantitative estimate of drug-likeness (QED) is 0.283. The van der Waals surface area contributed by atoms with Gasteiger partial charge in [0.15, 0.2) is 0 Å². The lowest BCUT2D eigenvalue weighted by atomic mass is 9.84. The van der Waals surface area contributed by atoms with Gasteiger partial charge in [0.05, 0.1) is 24.3 Å². The van der Waals surface area contributed by atoms with Gasteiger partial charge in [0.1, 0.15) is 5.60 Å². The molecule has 0 bridgehead atoms. The van der Waals surface area contributed by atoms with Crippen LogP contribution in [-0.2, 0) is 28.8 Å². The molecular weight excluding hydrogens is 516 g/mol. The van der Waals surface area contributed by atoms with Gasteiger partial charge in [-0.25, -0.2) is 4.79 Å². The van der Waals surface area contributed by atoms with Crippen LogP contribution in [0.3, 0.4) is 0 Å². The molecule has 4 N–H and O–H groups in total. The summed E-state index contributed by atoms with van der Waals surface area (Å²) in [6, 6.07) is 25.9. The van der Waals surface area contributed by atoms with E-state index in [1.54, 1.807) is 20.8 Å². The second-order valence-corrected chi connectivity index (χ2v) is 11.9. The number of nitrogens with one attached hydrogen (secondary N) is 2. The van der Waals surface area contributed by atoms with Crippen molar-refractivity contribution in [2.75, 3.05) is 0 Å². The minimum absolute atomic E-state index is 0.110. The van der Waals surface area contributed by atoms with Crippen LogP contribution in [0, 0.1) is 5.92 Å². The van der Waals surface area contributed by atoms with Gasteiger partial charge in [-0.05, 0) is 75.1 Å². The molecule has 0 saturated heterocycles. The molecule has 1 aliphatic carbocycles. The highest BCUT2D eigenvalue weighted by Gasteiger charge is 2.34. The van der Waals surface area contributed by atoms with Crippen LogP contribution in [0.1, 0.15) is 61.9 Å². The molecule has 0 unspecified atom stereocenters. The molecule has 1 aliphatic rings. The molecule has 41 heavy (non-hydrogen) atoms. The Labute approximate surface area is 243 Å². The maximum absolute atomic E-state index is 13.9. The fourth-order valence-electron chi connectivity index (χ4n) is 5.44. The van der Waals surface area contributed by atoms with Gasteiger partial charge < -0.3 is 25.6 Å². The highest BCUT2D eigenvalue weighted by atomic mass is 16.6. The van der Waals surface area contributed by atoms with E-state index in [9.17, 15) is 19.8 Å². The number of alkyl carbamates (subject to hydrolysis) is 1. The van der Waals surface area contributed by atoms with Crippen molar-refractivity contribution in [2.45, 2.75) is 82.8 Å². The second-order valence-electron chi connectivity index (χ2n) is 11.9. The highest BCUT2D eigenvalue weighted by Crippen LogP contribution is 2.31. The summed E-state index contributed by atoms with van der Waals surface area (Å²) < 4.78 is 5.48. The van der Waals surface area contributed by atoms with Gasteiger partial charge in [0, 0.05) is 5.92 Å². The third-order valence-electron chi connectivity index (χ3n) is 7.47. The summed E-state index contributed by atoms with van der Waals surface area (Å²) in [4.78, 5) is 26.6. The van der Waals surface area contributed by atoms with Gasteiger partial charge in [-0.3, -0.25) is 4.79 Å². The number of hydrogen-bond donors (Lipinski definition) is 4. The molecule has 0 heterocycles. The van der Waals surface area contributed by atoms with Gasteiger partial charge in [0.25, 0.3) is 0 Å². The number of fused-ring (bicyclic) bond motifs is 1. The molecule has 7 nitrogen and oxygen atoms in total.